The number of carboxylic acid groups (broad SMARTS) is 1. The molecule has 0 saturated carbocycles. The van der Waals surface area contributed by atoms with Crippen LogP contribution in [0.4, 0.5) is 0 Å². The van der Waals surface area contributed by atoms with E-state index in [1.165, 1.54) is 13.2 Å². The van der Waals surface area contributed by atoms with Gasteiger partial charge < -0.3 is 19.6 Å². The van der Waals surface area contributed by atoms with Crippen molar-refractivity contribution in [3.8, 4) is 0 Å². The van der Waals surface area contributed by atoms with E-state index < -0.39 is 11.9 Å². The fraction of sp³-hybridized carbons (Fsp3) is 0.500. The van der Waals surface area contributed by atoms with Crippen molar-refractivity contribution in [3.05, 3.63) is 23.2 Å². The Morgan fingerprint density at radius 2 is 2.22 bits per heavy atom. The normalized spacial score (nSPS) is 12.2. The Kier molecular flexibility index (Phi) is 4.91. The van der Waals surface area contributed by atoms with Crippen molar-refractivity contribution in [2.24, 2.45) is 0 Å². The van der Waals surface area contributed by atoms with E-state index in [1.807, 2.05) is 0 Å². The van der Waals surface area contributed by atoms with Gasteiger partial charge in [-0.3, -0.25) is 4.79 Å². The van der Waals surface area contributed by atoms with Gasteiger partial charge in [0.05, 0.1) is 6.61 Å². The second-order valence-corrected chi connectivity index (χ2v) is 3.94. The molecule has 0 unspecified atom stereocenters. The number of rotatable bonds is 6. The molecule has 1 heterocycles. The van der Waals surface area contributed by atoms with Crippen LogP contribution in [0.25, 0.3) is 0 Å². The van der Waals surface area contributed by atoms with Gasteiger partial charge in [-0.2, -0.15) is 0 Å². The van der Waals surface area contributed by atoms with Crippen LogP contribution in [0.1, 0.15) is 40.5 Å². The zero-order valence-corrected chi connectivity index (χ0v) is 10.6. The van der Waals surface area contributed by atoms with Crippen LogP contribution in [-0.2, 0) is 11.2 Å². The lowest BCUT2D eigenvalue weighted by molar-refractivity contribution is 0.0694. The van der Waals surface area contributed by atoms with Gasteiger partial charge in [0.25, 0.3) is 5.91 Å². The van der Waals surface area contributed by atoms with E-state index in [2.05, 4.69) is 5.32 Å². The molecule has 0 aliphatic rings. The van der Waals surface area contributed by atoms with Crippen molar-refractivity contribution in [1.82, 2.24) is 5.32 Å². The number of carboxylic acids is 1. The molecule has 6 nitrogen and oxygen atoms in total. The van der Waals surface area contributed by atoms with Crippen molar-refractivity contribution < 1.29 is 23.8 Å². The van der Waals surface area contributed by atoms with Crippen molar-refractivity contribution >= 4 is 11.9 Å². The van der Waals surface area contributed by atoms with E-state index in [0.29, 0.717) is 18.8 Å². The average Bonchev–Trinajstić information content (AvgIpc) is 2.73. The van der Waals surface area contributed by atoms with E-state index in [0.717, 1.165) is 0 Å². The third kappa shape index (κ3) is 3.33. The van der Waals surface area contributed by atoms with Crippen LogP contribution in [-0.4, -0.2) is 36.7 Å². The van der Waals surface area contributed by atoms with Crippen LogP contribution in [0, 0.1) is 0 Å². The molecule has 1 rings (SSSR count). The summed E-state index contributed by atoms with van der Waals surface area (Å²) in [4.78, 5) is 22.7. The fourth-order valence-electron chi connectivity index (χ4n) is 1.57. The predicted octanol–water partition coefficient (Wildman–Crippen LogP) is 1.30. The Bertz CT molecular complexity index is 438. The Balaban J connectivity index is 2.83. The Hall–Kier alpha value is -1.82. The summed E-state index contributed by atoms with van der Waals surface area (Å²) in [5.41, 5.74) is 0.0297. The van der Waals surface area contributed by atoms with Crippen LogP contribution in [0.3, 0.4) is 0 Å². The molecule has 0 aliphatic heterocycles. The van der Waals surface area contributed by atoms with E-state index >= 15 is 0 Å². The first-order valence-corrected chi connectivity index (χ1v) is 5.65. The number of carbonyl (C=O) groups is 2. The number of ether oxygens (including phenoxy) is 1. The molecule has 0 radical (unpaired) electrons. The molecule has 1 amide bonds. The van der Waals surface area contributed by atoms with Crippen molar-refractivity contribution in [2.75, 3.05) is 13.7 Å². The maximum atomic E-state index is 11.8. The zero-order valence-electron chi connectivity index (χ0n) is 10.6. The maximum absolute atomic E-state index is 11.8. The third-order valence-electron chi connectivity index (χ3n) is 2.38. The van der Waals surface area contributed by atoms with Crippen LogP contribution >= 0.6 is 0 Å². The van der Waals surface area contributed by atoms with Crippen LogP contribution < -0.4 is 5.32 Å². The number of amides is 1. The van der Waals surface area contributed by atoms with Gasteiger partial charge in [-0.25, -0.2) is 4.79 Å². The highest BCUT2D eigenvalue weighted by molar-refractivity contribution is 5.96. The van der Waals surface area contributed by atoms with Crippen molar-refractivity contribution in [1.29, 1.82) is 0 Å². The first kappa shape index (κ1) is 14.2. The molecule has 100 valence electrons. The van der Waals surface area contributed by atoms with E-state index in [1.54, 1.807) is 13.8 Å². The number of carbonyl (C=O) groups excluding carboxylic acids is 1. The number of hydrogen-bond acceptors (Lipinski definition) is 4. The quantitative estimate of drug-likeness (QED) is 0.800. The molecular weight excluding hydrogens is 238 g/mol. The van der Waals surface area contributed by atoms with Crippen LogP contribution in [0.15, 0.2) is 10.5 Å². The fourth-order valence-corrected chi connectivity index (χ4v) is 1.57. The van der Waals surface area contributed by atoms with Crippen molar-refractivity contribution in [2.45, 2.75) is 26.3 Å². The summed E-state index contributed by atoms with van der Waals surface area (Å²) in [6.45, 7) is 3.92. The highest BCUT2D eigenvalue weighted by Crippen LogP contribution is 2.16. The lowest BCUT2D eigenvalue weighted by Crippen LogP contribution is -2.35. The predicted molar refractivity (Wildman–Crippen MR) is 63.8 cm³/mol. The van der Waals surface area contributed by atoms with Gasteiger partial charge in [0.1, 0.15) is 11.3 Å². The lowest BCUT2D eigenvalue weighted by Gasteiger charge is -2.10. The monoisotopic (exact) mass is 255 g/mol. The molecule has 0 aromatic carbocycles. The Labute approximate surface area is 105 Å². The number of methoxy groups -OCH3 is 1. The number of aromatic carboxylic acids is 1. The molecule has 0 fully saturated rings. The van der Waals surface area contributed by atoms with Crippen LogP contribution in [0.2, 0.25) is 0 Å². The first-order chi connectivity index (χ1) is 8.49. The highest BCUT2D eigenvalue weighted by Gasteiger charge is 2.20. The second-order valence-electron chi connectivity index (χ2n) is 3.94. The molecule has 0 saturated heterocycles. The standard InChI is InChI=1S/C12H17NO5/c1-4-9-8(12(15)16)5-10(18-9)11(14)13-7(2)6-17-3/h5,7H,4,6H2,1-3H3,(H,13,14)(H,15,16)/t7-/m1/s1. The number of hydrogen-bond donors (Lipinski definition) is 2. The summed E-state index contributed by atoms with van der Waals surface area (Å²) in [5, 5.41) is 11.6. The number of nitrogens with one attached hydrogen (secondary N) is 1. The third-order valence-corrected chi connectivity index (χ3v) is 2.38. The molecule has 0 bridgehead atoms. The van der Waals surface area contributed by atoms with Crippen molar-refractivity contribution in [3.63, 3.8) is 0 Å². The molecule has 1 aromatic heterocycles. The second kappa shape index (κ2) is 6.20. The Morgan fingerprint density at radius 1 is 1.56 bits per heavy atom. The summed E-state index contributed by atoms with van der Waals surface area (Å²) in [6, 6.07) is 1.07. The van der Waals surface area contributed by atoms with E-state index in [9.17, 15) is 9.59 Å². The molecule has 6 heteroatoms. The smallest absolute Gasteiger partial charge is 0.339 e. The van der Waals surface area contributed by atoms with E-state index in [4.69, 9.17) is 14.3 Å². The summed E-state index contributed by atoms with van der Waals surface area (Å²) in [6.07, 6.45) is 0.419. The minimum absolute atomic E-state index is 0.00667. The maximum Gasteiger partial charge on any atom is 0.339 e. The van der Waals surface area contributed by atoms with Crippen LogP contribution in [0.5, 0.6) is 0 Å². The molecule has 1 atom stereocenters. The van der Waals surface area contributed by atoms with Gasteiger partial charge >= 0.3 is 5.97 Å². The summed E-state index contributed by atoms with van der Waals surface area (Å²) in [5.74, 6) is -1.24. The molecular formula is C12H17NO5. The zero-order chi connectivity index (χ0) is 13.7. The van der Waals surface area contributed by atoms with Gasteiger partial charge in [0.15, 0.2) is 5.76 Å². The summed E-state index contributed by atoms with van der Waals surface area (Å²) < 4.78 is 10.1. The van der Waals surface area contributed by atoms with Gasteiger partial charge in [-0.15, -0.1) is 0 Å². The minimum atomic E-state index is -1.10. The average molecular weight is 255 g/mol. The summed E-state index contributed by atoms with van der Waals surface area (Å²) in [7, 11) is 1.53. The summed E-state index contributed by atoms with van der Waals surface area (Å²) >= 11 is 0. The lowest BCUT2D eigenvalue weighted by atomic mass is 10.2. The largest absolute Gasteiger partial charge is 0.478 e. The highest BCUT2D eigenvalue weighted by atomic mass is 16.5. The van der Waals surface area contributed by atoms with E-state index in [-0.39, 0.29) is 17.4 Å². The minimum Gasteiger partial charge on any atom is -0.478 e. The number of aryl methyl sites for hydroxylation is 1. The van der Waals surface area contributed by atoms with Gasteiger partial charge in [0, 0.05) is 25.6 Å². The van der Waals surface area contributed by atoms with Gasteiger partial charge in [0.2, 0.25) is 0 Å². The molecule has 0 aliphatic carbocycles. The molecule has 1 aromatic rings. The number of furan rings is 1. The van der Waals surface area contributed by atoms with Gasteiger partial charge in [-0.1, -0.05) is 6.92 Å². The van der Waals surface area contributed by atoms with Gasteiger partial charge in [-0.05, 0) is 6.92 Å². The molecule has 2 N–H and O–H groups in total. The molecule has 18 heavy (non-hydrogen) atoms. The molecule has 0 spiro atoms. The first-order valence-electron chi connectivity index (χ1n) is 5.65. The topological polar surface area (TPSA) is 88.8 Å². The SMILES string of the molecule is CCc1oc(C(=O)N[C@H](C)COC)cc1C(=O)O. The Morgan fingerprint density at radius 3 is 2.67 bits per heavy atom.